The van der Waals surface area contributed by atoms with Crippen molar-refractivity contribution in [3.63, 3.8) is 0 Å². The minimum absolute atomic E-state index is 0.0667. The lowest BCUT2D eigenvalue weighted by Gasteiger charge is -2.04. The zero-order chi connectivity index (χ0) is 11.3. The van der Waals surface area contributed by atoms with E-state index in [1.54, 1.807) is 6.92 Å². The smallest absolute Gasteiger partial charge is 0.307 e. The summed E-state index contributed by atoms with van der Waals surface area (Å²) >= 11 is 0. The molecule has 0 saturated carbocycles. The standard InChI is InChI=1S/C10H12FNO3/c1-2-15-10(14)5-6-12-7-8(11)3-4-9(12)13/h3-4,7H,2,5-6H2,1H3. The third-order valence-corrected chi connectivity index (χ3v) is 1.81. The Bertz CT molecular complexity index is 400. The van der Waals surface area contributed by atoms with Gasteiger partial charge in [0.25, 0.3) is 5.56 Å². The molecule has 0 radical (unpaired) electrons. The number of hydrogen-bond donors (Lipinski definition) is 0. The first-order valence-electron chi connectivity index (χ1n) is 4.65. The molecule has 0 amide bonds. The van der Waals surface area contributed by atoms with E-state index in [0.29, 0.717) is 6.61 Å². The molecule has 1 aromatic heterocycles. The number of hydrogen-bond acceptors (Lipinski definition) is 3. The molecule has 0 unspecified atom stereocenters. The number of aromatic nitrogens is 1. The topological polar surface area (TPSA) is 48.3 Å². The predicted molar refractivity (Wildman–Crippen MR) is 51.9 cm³/mol. The lowest BCUT2D eigenvalue weighted by Crippen LogP contribution is -2.21. The SMILES string of the molecule is CCOC(=O)CCn1cc(F)ccc1=O. The Morgan fingerprint density at radius 3 is 2.93 bits per heavy atom. The fourth-order valence-electron chi connectivity index (χ4n) is 1.12. The first-order chi connectivity index (χ1) is 7.13. The average Bonchev–Trinajstić information content (AvgIpc) is 2.20. The summed E-state index contributed by atoms with van der Waals surface area (Å²) in [5.41, 5.74) is -0.333. The molecule has 1 rings (SSSR count). The van der Waals surface area contributed by atoms with Crippen molar-refractivity contribution in [2.75, 3.05) is 6.61 Å². The van der Waals surface area contributed by atoms with Crippen LogP contribution in [0, 0.1) is 5.82 Å². The molecule has 0 bridgehead atoms. The molecule has 0 spiro atoms. The van der Waals surface area contributed by atoms with Crippen LogP contribution < -0.4 is 5.56 Å². The summed E-state index contributed by atoms with van der Waals surface area (Å²) in [6, 6.07) is 2.21. The highest BCUT2D eigenvalue weighted by Gasteiger charge is 2.03. The van der Waals surface area contributed by atoms with E-state index >= 15 is 0 Å². The van der Waals surface area contributed by atoms with Gasteiger partial charge in [-0.2, -0.15) is 0 Å². The number of aryl methyl sites for hydroxylation is 1. The zero-order valence-corrected chi connectivity index (χ0v) is 8.40. The van der Waals surface area contributed by atoms with Crippen molar-refractivity contribution in [2.24, 2.45) is 0 Å². The normalized spacial score (nSPS) is 10.0. The van der Waals surface area contributed by atoms with E-state index in [0.717, 1.165) is 22.9 Å². The van der Waals surface area contributed by atoms with Crippen LogP contribution in [0.25, 0.3) is 0 Å². The van der Waals surface area contributed by atoms with Crippen LogP contribution in [0.5, 0.6) is 0 Å². The fourth-order valence-corrected chi connectivity index (χ4v) is 1.12. The Kier molecular flexibility index (Phi) is 4.03. The van der Waals surface area contributed by atoms with Crippen molar-refractivity contribution >= 4 is 5.97 Å². The van der Waals surface area contributed by atoms with Gasteiger partial charge >= 0.3 is 5.97 Å². The molecule has 0 saturated heterocycles. The van der Waals surface area contributed by atoms with E-state index in [4.69, 9.17) is 0 Å². The van der Waals surface area contributed by atoms with Crippen LogP contribution in [0.3, 0.4) is 0 Å². The number of halogens is 1. The molecule has 0 aliphatic rings. The second kappa shape index (κ2) is 5.29. The molecule has 15 heavy (non-hydrogen) atoms. The predicted octanol–water partition coefficient (Wildman–Crippen LogP) is 0.941. The van der Waals surface area contributed by atoms with Crippen LogP contribution in [0.1, 0.15) is 13.3 Å². The highest BCUT2D eigenvalue weighted by molar-refractivity contribution is 5.69. The van der Waals surface area contributed by atoms with E-state index in [1.807, 2.05) is 0 Å². The van der Waals surface area contributed by atoms with E-state index in [9.17, 15) is 14.0 Å². The van der Waals surface area contributed by atoms with Crippen molar-refractivity contribution in [3.8, 4) is 0 Å². The lowest BCUT2D eigenvalue weighted by atomic mass is 10.4. The largest absolute Gasteiger partial charge is 0.466 e. The van der Waals surface area contributed by atoms with Gasteiger partial charge in [-0.1, -0.05) is 0 Å². The van der Waals surface area contributed by atoms with E-state index in [2.05, 4.69) is 4.74 Å². The molecule has 82 valence electrons. The molecule has 0 aliphatic heterocycles. The first kappa shape index (κ1) is 11.4. The van der Waals surface area contributed by atoms with Crippen molar-refractivity contribution in [2.45, 2.75) is 19.9 Å². The number of nitrogens with zero attached hydrogens (tertiary/aromatic N) is 1. The Balaban J connectivity index is 2.61. The average molecular weight is 213 g/mol. The number of pyridine rings is 1. The third-order valence-electron chi connectivity index (χ3n) is 1.81. The Morgan fingerprint density at radius 1 is 1.53 bits per heavy atom. The molecular formula is C10H12FNO3. The molecule has 0 aliphatic carbocycles. The Hall–Kier alpha value is -1.65. The number of ether oxygens (including phenoxy) is 1. The summed E-state index contributed by atoms with van der Waals surface area (Å²) in [6.45, 7) is 2.14. The van der Waals surface area contributed by atoms with Gasteiger partial charge in [0.1, 0.15) is 5.82 Å². The van der Waals surface area contributed by atoms with Crippen molar-refractivity contribution in [3.05, 3.63) is 34.5 Å². The molecule has 5 heteroatoms. The summed E-state index contributed by atoms with van der Waals surface area (Å²) in [4.78, 5) is 22.2. The number of carbonyl (C=O) groups excluding carboxylic acids is 1. The monoisotopic (exact) mass is 213 g/mol. The second-order valence-electron chi connectivity index (χ2n) is 2.93. The molecule has 4 nitrogen and oxygen atoms in total. The molecular weight excluding hydrogens is 201 g/mol. The van der Waals surface area contributed by atoms with Crippen molar-refractivity contribution in [1.29, 1.82) is 0 Å². The summed E-state index contributed by atoms with van der Waals surface area (Å²) in [5.74, 6) is -0.896. The summed E-state index contributed by atoms with van der Waals surface area (Å²) in [6.07, 6.45) is 1.14. The number of rotatable bonds is 4. The third kappa shape index (κ3) is 3.53. The number of esters is 1. The minimum Gasteiger partial charge on any atom is -0.466 e. The van der Waals surface area contributed by atoms with Crippen LogP contribution in [-0.4, -0.2) is 17.1 Å². The first-order valence-corrected chi connectivity index (χ1v) is 4.65. The molecule has 0 aromatic carbocycles. The van der Waals surface area contributed by atoms with Gasteiger partial charge in [-0.3, -0.25) is 9.59 Å². The van der Waals surface area contributed by atoms with E-state index < -0.39 is 11.8 Å². The minimum atomic E-state index is -0.501. The van der Waals surface area contributed by atoms with Crippen molar-refractivity contribution < 1.29 is 13.9 Å². The zero-order valence-electron chi connectivity index (χ0n) is 8.40. The highest BCUT2D eigenvalue weighted by atomic mass is 19.1. The highest BCUT2D eigenvalue weighted by Crippen LogP contribution is 1.95. The summed E-state index contributed by atoms with van der Waals surface area (Å²) < 4.78 is 18.6. The van der Waals surface area contributed by atoms with E-state index in [-0.39, 0.29) is 18.5 Å². The maximum Gasteiger partial charge on any atom is 0.307 e. The maximum absolute atomic E-state index is 12.7. The molecule has 0 N–H and O–H groups in total. The van der Waals surface area contributed by atoms with Gasteiger partial charge in [-0.25, -0.2) is 4.39 Å². The lowest BCUT2D eigenvalue weighted by molar-refractivity contribution is -0.143. The van der Waals surface area contributed by atoms with Crippen molar-refractivity contribution in [1.82, 2.24) is 4.57 Å². The molecule has 1 aromatic rings. The Labute approximate surface area is 86.3 Å². The van der Waals surface area contributed by atoms with Crippen LogP contribution in [-0.2, 0) is 16.1 Å². The molecule has 1 heterocycles. The van der Waals surface area contributed by atoms with E-state index in [1.165, 1.54) is 0 Å². The summed E-state index contributed by atoms with van der Waals surface area (Å²) in [7, 11) is 0. The maximum atomic E-state index is 12.7. The molecule has 0 atom stereocenters. The van der Waals surface area contributed by atoms with Crippen LogP contribution in [0.4, 0.5) is 4.39 Å². The van der Waals surface area contributed by atoms with Gasteiger partial charge in [0.2, 0.25) is 0 Å². The second-order valence-corrected chi connectivity index (χ2v) is 2.93. The van der Waals surface area contributed by atoms with Gasteiger partial charge in [0.05, 0.1) is 13.0 Å². The van der Waals surface area contributed by atoms with Gasteiger partial charge in [-0.15, -0.1) is 0 Å². The Morgan fingerprint density at radius 2 is 2.27 bits per heavy atom. The quantitative estimate of drug-likeness (QED) is 0.699. The van der Waals surface area contributed by atoms with Crippen LogP contribution in [0.15, 0.2) is 23.1 Å². The van der Waals surface area contributed by atoms with Gasteiger partial charge in [0.15, 0.2) is 0 Å². The van der Waals surface area contributed by atoms with Crippen LogP contribution >= 0.6 is 0 Å². The summed E-state index contributed by atoms with van der Waals surface area (Å²) in [5, 5.41) is 0. The van der Waals surface area contributed by atoms with Gasteiger partial charge < -0.3 is 9.30 Å². The molecule has 0 fully saturated rings. The van der Waals surface area contributed by atoms with Gasteiger partial charge in [0, 0.05) is 18.8 Å². The van der Waals surface area contributed by atoms with Gasteiger partial charge in [-0.05, 0) is 13.0 Å². The fraction of sp³-hybridized carbons (Fsp3) is 0.400. The van der Waals surface area contributed by atoms with Crippen LogP contribution in [0.2, 0.25) is 0 Å². The number of carbonyl (C=O) groups is 1.